The van der Waals surface area contributed by atoms with Crippen LogP contribution >= 0.6 is 0 Å². The zero-order valence-electron chi connectivity index (χ0n) is 16.9. The molecule has 0 aromatic rings. The van der Waals surface area contributed by atoms with Gasteiger partial charge in [-0.05, 0) is 45.8 Å². The van der Waals surface area contributed by atoms with E-state index < -0.39 is 26.1 Å². The first-order valence-electron chi connectivity index (χ1n) is 8.33. The number of rotatable bonds is 6. The number of alkyl carbamates (subject to hydrolysis) is 1. The molecule has 24 heavy (non-hydrogen) atoms. The van der Waals surface area contributed by atoms with Crippen molar-refractivity contribution in [3.63, 3.8) is 0 Å². The van der Waals surface area contributed by atoms with Crippen LogP contribution in [0.5, 0.6) is 0 Å². The summed E-state index contributed by atoms with van der Waals surface area (Å²) in [6.07, 6.45) is -0.894. The Morgan fingerprint density at radius 2 is 1.58 bits per heavy atom. The van der Waals surface area contributed by atoms with E-state index in [4.69, 9.17) is 9.16 Å². The van der Waals surface area contributed by atoms with E-state index in [1.165, 1.54) is 7.11 Å². The predicted octanol–water partition coefficient (Wildman–Crippen LogP) is 3.85. The highest BCUT2D eigenvalue weighted by Gasteiger charge is 2.40. The van der Waals surface area contributed by atoms with Gasteiger partial charge >= 0.3 is 12.1 Å². The van der Waals surface area contributed by atoms with Gasteiger partial charge in [-0.15, -0.1) is 0 Å². The number of carbonyl (C=O) groups is 2. The van der Waals surface area contributed by atoms with Gasteiger partial charge in [-0.2, -0.15) is 0 Å². The number of hydrogen-bond donors (Lipinski definition) is 1. The Hall–Kier alpha value is -1.08. The third kappa shape index (κ3) is 8.15. The lowest BCUT2D eigenvalue weighted by Gasteiger charge is -2.40. The molecule has 2 atom stereocenters. The number of carbonyl (C=O) groups excluding carboxylic acids is 2. The number of esters is 1. The third-order valence-electron chi connectivity index (χ3n) is 4.15. The van der Waals surface area contributed by atoms with Crippen molar-refractivity contribution in [3.05, 3.63) is 0 Å². The number of amides is 1. The SMILES string of the molecule is COC(=O)N[C@@H](CC(=O)OC(C)(C)C)[C@@H](C)O[Si](C)(C)C(C)(C)C. The molecule has 7 heteroatoms. The van der Waals surface area contributed by atoms with Crippen molar-refractivity contribution < 1.29 is 23.5 Å². The number of ether oxygens (including phenoxy) is 2. The first-order chi connectivity index (χ1) is 10.6. The van der Waals surface area contributed by atoms with E-state index in [-0.39, 0.29) is 23.5 Å². The van der Waals surface area contributed by atoms with Gasteiger partial charge in [-0.1, -0.05) is 20.8 Å². The highest BCUT2D eigenvalue weighted by molar-refractivity contribution is 6.74. The Kier molecular flexibility index (Phi) is 7.96. The lowest BCUT2D eigenvalue weighted by Crippen LogP contribution is -2.51. The van der Waals surface area contributed by atoms with E-state index in [2.05, 4.69) is 43.9 Å². The van der Waals surface area contributed by atoms with Crippen LogP contribution in [-0.2, 0) is 18.7 Å². The zero-order valence-corrected chi connectivity index (χ0v) is 17.9. The minimum atomic E-state index is -2.03. The number of methoxy groups -OCH3 is 1. The molecule has 1 N–H and O–H groups in total. The van der Waals surface area contributed by atoms with Gasteiger partial charge in [0, 0.05) is 0 Å². The quantitative estimate of drug-likeness (QED) is 0.574. The van der Waals surface area contributed by atoms with Crippen molar-refractivity contribution in [2.24, 2.45) is 0 Å². The van der Waals surface area contributed by atoms with Crippen LogP contribution in [0.25, 0.3) is 0 Å². The van der Waals surface area contributed by atoms with Crippen LogP contribution in [0, 0.1) is 0 Å². The summed E-state index contributed by atoms with van der Waals surface area (Å²) in [5, 5.41) is 2.72. The second-order valence-corrected chi connectivity index (χ2v) is 13.4. The molecule has 0 aliphatic carbocycles. The molecule has 0 saturated carbocycles. The van der Waals surface area contributed by atoms with E-state index in [1.54, 1.807) is 0 Å². The van der Waals surface area contributed by atoms with E-state index in [9.17, 15) is 9.59 Å². The predicted molar refractivity (Wildman–Crippen MR) is 97.5 cm³/mol. The lowest BCUT2D eigenvalue weighted by atomic mass is 10.1. The summed E-state index contributed by atoms with van der Waals surface area (Å²) in [6, 6.07) is -0.513. The molecule has 1 amide bonds. The lowest BCUT2D eigenvalue weighted by molar-refractivity contribution is -0.155. The molecule has 6 nitrogen and oxygen atoms in total. The number of hydrogen-bond acceptors (Lipinski definition) is 5. The molecule has 0 unspecified atom stereocenters. The van der Waals surface area contributed by atoms with Gasteiger partial charge < -0.3 is 19.2 Å². The molecular formula is C17H35NO5Si. The van der Waals surface area contributed by atoms with Crippen molar-refractivity contribution in [2.75, 3.05) is 7.11 Å². The molecule has 0 rings (SSSR count). The van der Waals surface area contributed by atoms with Gasteiger partial charge in [-0.25, -0.2) is 4.79 Å². The summed E-state index contributed by atoms with van der Waals surface area (Å²) in [6.45, 7) is 18.0. The monoisotopic (exact) mass is 361 g/mol. The second-order valence-electron chi connectivity index (χ2n) is 8.62. The standard InChI is InChI=1S/C17H35NO5Si/c1-12(23-24(9,10)17(5,6)7)13(18-15(20)21-8)11-14(19)22-16(2,3)4/h12-13H,11H2,1-10H3,(H,18,20)/t12-,13+/m1/s1. The largest absolute Gasteiger partial charge is 0.460 e. The van der Waals surface area contributed by atoms with Crippen molar-refractivity contribution in [2.45, 2.75) is 90.8 Å². The molecule has 0 aliphatic rings. The van der Waals surface area contributed by atoms with Crippen molar-refractivity contribution >= 4 is 20.4 Å². The molecule has 0 aromatic heterocycles. The summed E-state index contributed by atoms with van der Waals surface area (Å²) in [5.41, 5.74) is -0.573. The van der Waals surface area contributed by atoms with Crippen LogP contribution in [-0.4, -0.2) is 45.2 Å². The van der Waals surface area contributed by atoms with Crippen LogP contribution in [0.1, 0.15) is 54.9 Å². The maximum Gasteiger partial charge on any atom is 0.407 e. The zero-order chi connectivity index (χ0) is 19.3. The summed E-state index contributed by atoms with van der Waals surface area (Å²) in [5.74, 6) is -0.380. The maximum absolute atomic E-state index is 12.1. The number of nitrogens with one attached hydrogen (secondary N) is 1. The first kappa shape index (κ1) is 22.9. The summed E-state index contributed by atoms with van der Waals surface area (Å²) >= 11 is 0. The van der Waals surface area contributed by atoms with E-state index >= 15 is 0 Å². The topological polar surface area (TPSA) is 73.9 Å². The van der Waals surface area contributed by atoms with Crippen LogP contribution in [0.3, 0.4) is 0 Å². The Balaban J connectivity index is 5.12. The maximum atomic E-state index is 12.1. The highest BCUT2D eigenvalue weighted by Crippen LogP contribution is 2.37. The Morgan fingerprint density at radius 3 is 1.96 bits per heavy atom. The van der Waals surface area contributed by atoms with Crippen LogP contribution in [0.15, 0.2) is 0 Å². The molecular weight excluding hydrogens is 326 g/mol. The molecule has 0 heterocycles. The van der Waals surface area contributed by atoms with Gasteiger partial charge in [0.2, 0.25) is 0 Å². The van der Waals surface area contributed by atoms with E-state index in [0.717, 1.165) is 0 Å². The van der Waals surface area contributed by atoms with Crippen molar-refractivity contribution in [3.8, 4) is 0 Å². The molecule has 0 fully saturated rings. The smallest absolute Gasteiger partial charge is 0.407 e. The fourth-order valence-corrected chi connectivity index (χ4v) is 3.28. The fourth-order valence-electron chi connectivity index (χ4n) is 1.83. The van der Waals surface area contributed by atoms with Gasteiger partial charge in [-0.3, -0.25) is 4.79 Å². The average Bonchev–Trinajstić information content (AvgIpc) is 2.33. The molecule has 0 aromatic carbocycles. The minimum Gasteiger partial charge on any atom is -0.460 e. The second kappa shape index (κ2) is 8.34. The fraction of sp³-hybridized carbons (Fsp3) is 0.882. The van der Waals surface area contributed by atoms with Crippen LogP contribution in [0.4, 0.5) is 4.79 Å². The molecule has 0 bridgehead atoms. The minimum absolute atomic E-state index is 0.0299. The van der Waals surface area contributed by atoms with Gasteiger partial charge in [0.05, 0.1) is 25.7 Å². The highest BCUT2D eigenvalue weighted by atomic mass is 28.4. The normalized spacial score (nSPS) is 15.4. The molecule has 142 valence electrons. The van der Waals surface area contributed by atoms with E-state index in [1.807, 2.05) is 27.7 Å². The summed E-state index contributed by atoms with van der Waals surface area (Å²) in [4.78, 5) is 23.8. The Labute approximate surface area is 147 Å². The molecule has 0 radical (unpaired) electrons. The van der Waals surface area contributed by atoms with Crippen LogP contribution in [0.2, 0.25) is 18.1 Å². The molecule has 0 spiro atoms. The van der Waals surface area contributed by atoms with Gasteiger partial charge in [0.1, 0.15) is 5.60 Å². The van der Waals surface area contributed by atoms with Gasteiger partial charge in [0.25, 0.3) is 0 Å². The average molecular weight is 362 g/mol. The Morgan fingerprint density at radius 1 is 1.08 bits per heavy atom. The first-order valence-corrected chi connectivity index (χ1v) is 11.2. The Bertz CT molecular complexity index is 437. The summed E-state index contributed by atoms with van der Waals surface area (Å²) < 4.78 is 16.3. The van der Waals surface area contributed by atoms with Crippen molar-refractivity contribution in [1.82, 2.24) is 5.32 Å². The molecule has 0 aliphatic heterocycles. The van der Waals surface area contributed by atoms with Crippen LogP contribution < -0.4 is 5.32 Å². The third-order valence-corrected chi connectivity index (χ3v) is 8.72. The van der Waals surface area contributed by atoms with E-state index in [0.29, 0.717) is 0 Å². The summed E-state index contributed by atoms with van der Waals surface area (Å²) in [7, 11) is -0.743. The molecule has 0 saturated heterocycles. The van der Waals surface area contributed by atoms with Crippen molar-refractivity contribution in [1.29, 1.82) is 0 Å². The van der Waals surface area contributed by atoms with Gasteiger partial charge in [0.15, 0.2) is 8.32 Å².